The van der Waals surface area contributed by atoms with Gasteiger partial charge in [-0.15, -0.1) is 0 Å². The van der Waals surface area contributed by atoms with Crippen LogP contribution in [-0.4, -0.2) is 44.2 Å². The molecule has 3 aromatic carbocycles. The van der Waals surface area contributed by atoms with Gasteiger partial charge >= 0.3 is 0 Å². The van der Waals surface area contributed by atoms with Gasteiger partial charge in [-0.2, -0.15) is 0 Å². The van der Waals surface area contributed by atoms with Crippen LogP contribution in [0.3, 0.4) is 0 Å². The Morgan fingerprint density at radius 1 is 0.758 bits per heavy atom. The van der Waals surface area contributed by atoms with Gasteiger partial charge in [0.25, 0.3) is 0 Å². The molecule has 5 rings (SSSR count). The molecule has 172 valence electrons. The van der Waals surface area contributed by atoms with Crippen LogP contribution in [0.1, 0.15) is 32.1 Å². The number of para-hydroxylation sites is 1. The van der Waals surface area contributed by atoms with E-state index < -0.39 is 7.92 Å². The number of nitrogens with zero attached hydrogens (tertiary/aromatic N) is 2. The first-order valence-electron chi connectivity index (χ1n) is 12.4. The maximum atomic E-state index is 6.01. The normalized spacial score (nSPS) is 19.2. The Kier molecular flexibility index (Phi) is 7.29. The van der Waals surface area contributed by atoms with Crippen LogP contribution in [0.5, 0.6) is 5.75 Å². The van der Waals surface area contributed by atoms with Crippen LogP contribution in [0, 0.1) is 0 Å². The molecule has 0 unspecified atom stereocenters. The number of anilines is 1. The van der Waals surface area contributed by atoms with Crippen molar-refractivity contribution in [3.63, 3.8) is 0 Å². The SMILES string of the molecule is COc1cccc(P(c2ccccc2)c2ccccc2)c1N1CCC[C@@H]1CN1CCCCC1. The second kappa shape index (κ2) is 10.7. The Labute approximate surface area is 200 Å². The molecule has 2 aliphatic rings. The van der Waals surface area contributed by atoms with E-state index in [1.165, 1.54) is 73.3 Å². The first-order chi connectivity index (χ1) is 16.3. The smallest absolute Gasteiger partial charge is 0.142 e. The topological polar surface area (TPSA) is 15.7 Å². The second-order valence-corrected chi connectivity index (χ2v) is 11.4. The highest BCUT2D eigenvalue weighted by Gasteiger charge is 2.33. The summed E-state index contributed by atoms with van der Waals surface area (Å²) in [5.74, 6) is 1.01. The minimum Gasteiger partial charge on any atom is -0.495 e. The van der Waals surface area contributed by atoms with E-state index in [1.807, 2.05) is 7.11 Å². The van der Waals surface area contributed by atoms with E-state index in [2.05, 4.69) is 88.7 Å². The fraction of sp³-hybridized carbons (Fsp3) is 0.379. The number of hydrogen-bond donors (Lipinski definition) is 0. The van der Waals surface area contributed by atoms with Crippen LogP contribution in [-0.2, 0) is 0 Å². The lowest BCUT2D eigenvalue weighted by atomic mass is 10.1. The summed E-state index contributed by atoms with van der Waals surface area (Å²) in [6.07, 6.45) is 6.60. The molecule has 0 spiro atoms. The lowest BCUT2D eigenvalue weighted by molar-refractivity contribution is 0.216. The Bertz CT molecular complexity index is 981. The summed E-state index contributed by atoms with van der Waals surface area (Å²) in [6, 6.07) is 29.3. The van der Waals surface area contributed by atoms with Gasteiger partial charge in [0.15, 0.2) is 0 Å². The van der Waals surface area contributed by atoms with Crippen molar-refractivity contribution in [1.82, 2.24) is 4.90 Å². The van der Waals surface area contributed by atoms with Crippen LogP contribution in [0.15, 0.2) is 78.9 Å². The number of benzene rings is 3. The highest BCUT2D eigenvalue weighted by Crippen LogP contribution is 2.42. The van der Waals surface area contributed by atoms with Crippen LogP contribution in [0.2, 0.25) is 0 Å². The molecule has 4 heteroatoms. The van der Waals surface area contributed by atoms with Gasteiger partial charge in [-0.25, -0.2) is 0 Å². The van der Waals surface area contributed by atoms with Crippen LogP contribution in [0.25, 0.3) is 0 Å². The van der Waals surface area contributed by atoms with E-state index in [4.69, 9.17) is 4.74 Å². The standard InChI is InChI=1S/C29H35N2OP/c1-32-27-18-11-19-28(33(25-14-5-2-6-15-25)26-16-7-3-8-17-26)29(27)31-22-12-13-24(31)23-30-20-9-4-10-21-30/h2-3,5-8,11,14-19,24H,4,9-10,12-13,20-23H2,1H3/t24-/m1/s1. The molecule has 3 aromatic rings. The molecule has 1 atom stereocenters. The third-order valence-electron chi connectivity index (χ3n) is 7.05. The number of methoxy groups -OCH3 is 1. The summed E-state index contributed by atoms with van der Waals surface area (Å²) >= 11 is 0. The number of likely N-dealkylation sites (tertiary alicyclic amines) is 1. The van der Waals surface area contributed by atoms with Crippen LogP contribution < -0.4 is 25.6 Å². The molecular formula is C29H35N2OP. The minimum absolute atomic E-state index is 0.557. The van der Waals surface area contributed by atoms with E-state index in [9.17, 15) is 0 Å². The van der Waals surface area contributed by atoms with Gasteiger partial charge in [-0.1, -0.05) is 79.2 Å². The van der Waals surface area contributed by atoms with Gasteiger partial charge < -0.3 is 14.5 Å². The van der Waals surface area contributed by atoms with Gasteiger partial charge in [-0.05, 0) is 63.4 Å². The van der Waals surface area contributed by atoms with Crippen molar-refractivity contribution in [2.24, 2.45) is 0 Å². The zero-order chi connectivity index (χ0) is 22.5. The minimum atomic E-state index is -0.679. The summed E-state index contributed by atoms with van der Waals surface area (Å²) in [5.41, 5.74) is 1.32. The third kappa shape index (κ3) is 4.95. The number of rotatable bonds is 7. The van der Waals surface area contributed by atoms with Crippen molar-refractivity contribution in [3.8, 4) is 5.75 Å². The molecule has 2 fully saturated rings. The van der Waals surface area contributed by atoms with Crippen LogP contribution in [0.4, 0.5) is 5.69 Å². The summed E-state index contributed by atoms with van der Waals surface area (Å²) in [5, 5.41) is 4.19. The highest BCUT2D eigenvalue weighted by molar-refractivity contribution is 7.80. The maximum Gasteiger partial charge on any atom is 0.142 e. The average molecular weight is 459 g/mol. The summed E-state index contributed by atoms with van der Waals surface area (Å²) in [6.45, 7) is 4.79. The average Bonchev–Trinajstić information content (AvgIpc) is 3.33. The fourth-order valence-corrected chi connectivity index (χ4v) is 7.97. The molecule has 0 aromatic heterocycles. The van der Waals surface area contributed by atoms with Crippen molar-refractivity contribution in [1.29, 1.82) is 0 Å². The first kappa shape index (κ1) is 22.4. The van der Waals surface area contributed by atoms with Crippen molar-refractivity contribution < 1.29 is 4.74 Å². The molecule has 3 nitrogen and oxygen atoms in total. The van der Waals surface area contributed by atoms with E-state index in [0.29, 0.717) is 6.04 Å². The van der Waals surface area contributed by atoms with Crippen molar-refractivity contribution >= 4 is 29.5 Å². The van der Waals surface area contributed by atoms with Gasteiger partial charge in [0.05, 0.1) is 12.8 Å². The number of ether oxygens (including phenoxy) is 1. The zero-order valence-electron chi connectivity index (χ0n) is 19.7. The second-order valence-electron chi connectivity index (χ2n) is 9.19. The van der Waals surface area contributed by atoms with Crippen molar-refractivity contribution in [2.75, 3.05) is 38.2 Å². The maximum absolute atomic E-state index is 6.01. The molecule has 0 radical (unpaired) electrons. The molecule has 2 saturated heterocycles. The van der Waals surface area contributed by atoms with E-state index in [0.717, 1.165) is 12.3 Å². The van der Waals surface area contributed by atoms with Crippen molar-refractivity contribution in [2.45, 2.75) is 38.1 Å². The summed E-state index contributed by atoms with van der Waals surface area (Å²) in [7, 11) is 1.15. The largest absolute Gasteiger partial charge is 0.495 e. The lowest BCUT2D eigenvalue weighted by Gasteiger charge is -2.36. The molecule has 2 heterocycles. The van der Waals surface area contributed by atoms with E-state index in [1.54, 1.807) is 0 Å². The molecule has 0 saturated carbocycles. The summed E-state index contributed by atoms with van der Waals surface area (Å²) in [4.78, 5) is 5.38. The Balaban J connectivity index is 1.58. The molecular weight excluding hydrogens is 423 g/mol. The summed E-state index contributed by atoms with van der Waals surface area (Å²) < 4.78 is 6.01. The predicted octanol–water partition coefficient (Wildman–Crippen LogP) is 4.91. The monoisotopic (exact) mass is 458 g/mol. The molecule has 2 aliphatic heterocycles. The van der Waals surface area contributed by atoms with Gasteiger partial charge in [0.1, 0.15) is 5.75 Å². The zero-order valence-corrected chi connectivity index (χ0v) is 20.6. The molecule has 33 heavy (non-hydrogen) atoms. The third-order valence-corrected chi connectivity index (χ3v) is 9.52. The molecule has 0 amide bonds. The number of piperidine rings is 1. The van der Waals surface area contributed by atoms with Gasteiger partial charge in [0, 0.05) is 24.4 Å². The van der Waals surface area contributed by atoms with Crippen LogP contribution >= 0.6 is 7.92 Å². The predicted molar refractivity (Wildman–Crippen MR) is 142 cm³/mol. The van der Waals surface area contributed by atoms with Gasteiger partial charge in [0.2, 0.25) is 0 Å². The first-order valence-corrected chi connectivity index (χ1v) is 13.8. The quantitative estimate of drug-likeness (QED) is 0.468. The Morgan fingerprint density at radius 3 is 2.06 bits per heavy atom. The lowest BCUT2D eigenvalue weighted by Crippen LogP contribution is -2.44. The Hall–Kier alpha value is -2.35. The van der Waals surface area contributed by atoms with E-state index >= 15 is 0 Å². The molecule has 0 aliphatic carbocycles. The Morgan fingerprint density at radius 2 is 1.42 bits per heavy atom. The van der Waals surface area contributed by atoms with Crippen molar-refractivity contribution in [3.05, 3.63) is 78.9 Å². The van der Waals surface area contributed by atoms with E-state index in [-0.39, 0.29) is 0 Å². The number of hydrogen-bond acceptors (Lipinski definition) is 3. The van der Waals surface area contributed by atoms with Gasteiger partial charge in [-0.3, -0.25) is 0 Å². The molecule has 0 bridgehead atoms. The fourth-order valence-electron chi connectivity index (χ4n) is 5.49. The molecule has 0 N–H and O–H groups in total. The highest BCUT2D eigenvalue weighted by atomic mass is 31.1.